The Morgan fingerprint density at radius 3 is 2.55 bits per heavy atom. The molecule has 1 unspecified atom stereocenters. The third-order valence-electron chi connectivity index (χ3n) is 5.04. The molecule has 22 heavy (non-hydrogen) atoms. The van der Waals surface area contributed by atoms with Crippen molar-refractivity contribution in [2.24, 2.45) is 5.92 Å². The van der Waals surface area contributed by atoms with E-state index in [1.54, 1.807) is 0 Å². The van der Waals surface area contributed by atoms with Crippen molar-refractivity contribution in [2.75, 3.05) is 19.6 Å². The average molecular weight is 323 g/mol. The van der Waals surface area contributed by atoms with Gasteiger partial charge in [0.05, 0.1) is 5.41 Å². The Morgan fingerprint density at radius 1 is 1.32 bits per heavy atom. The van der Waals surface area contributed by atoms with Crippen molar-refractivity contribution in [1.29, 1.82) is 0 Å². The maximum atomic E-state index is 12.8. The summed E-state index contributed by atoms with van der Waals surface area (Å²) < 4.78 is 0. The molecule has 1 amide bonds. The molecule has 0 radical (unpaired) electrons. The minimum Gasteiger partial charge on any atom is -0.355 e. The molecule has 1 aromatic rings. The standard InChI is InChI=1S/C18H27ClN2O/c1-3-18(4-2,15-5-7-16(19)8-6-15)17(22)21-12-10-14-9-11-20-13-14/h5-8,14,20H,3-4,9-13H2,1-2H3,(H,21,22). The van der Waals surface area contributed by atoms with Crippen LogP contribution in [0.2, 0.25) is 5.02 Å². The van der Waals surface area contributed by atoms with Crippen molar-refractivity contribution in [2.45, 2.75) is 44.9 Å². The minimum absolute atomic E-state index is 0.144. The quantitative estimate of drug-likeness (QED) is 0.806. The van der Waals surface area contributed by atoms with Gasteiger partial charge in [-0.2, -0.15) is 0 Å². The molecular weight excluding hydrogens is 296 g/mol. The summed E-state index contributed by atoms with van der Waals surface area (Å²) in [4.78, 5) is 12.8. The second kappa shape index (κ2) is 7.98. The SMILES string of the molecule is CCC(CC)(C(=O)NCCC1CCNC1)c1ccc(Cl)cc1. The van der Waals surface area contributed by atoms with E-state index in [0.29, 0.717) is 10.9 Å². The lowest BCUT2D eigenvalue weighted by molar-refractivity contribution is -0.127. The van der Waals surface area contributed by atoms with Gasteiger partial charge in [-0.25, -0.2) is 0 Å². The maximum absolute atomic E-state index is 12.8. The number of carbonyl (C=O) groups is 1. The first-order valence-corrected chi connectivity index (χ1v) is 8.75. The van der Waals surface area contributed by atoms with Gasteiger partial charge >= 0.3 is 0 Å². The van der Waals surface area contributed by atoms with E-state index in [9.17, 15) is 4.79 Å². The topological polar surface area (TPSA) is 41.1 Å². The van der Waals surface area contributed by atoms with Crippen LogP contribution in [0.5, 0.6) is 0 Å². The highest BCUT2D eigenvalue weighted by molar-refractivity contribution is 6.30. The second-order valence-electron chi connectivity index (χ2n) is 6.20. The first kappa shape index (κ1) is 17.3. The molecule has 0 bridgehead atoms. The van der Waals surface area contributed by atoms with Gasteiger partial charge in [0.1, 0.15) is 0 Å². The fourth-order valence-corrected chi connectivity index (χ4v) is 3.53. The molecule has 1 saturated heterocycles. The third kappa shape index (κ3) is 3.82. The molecule has 4 heteroatoms. The summed E-state index contributed by atoms with van der Waals surface area (Å²) in [7, 11) is 0. The highest BCUT2D eigenvalue weighted by Crippen LogP contribution is 2.32. The zero-order chi connectivity index (χ0) is 16.0. The molecule has 0 saturated carbocycles. The first-order valence-electron chi connectivity index (χ1n) is 8.37. The van der Waals surface area contributed by atoms with Crippen LogP contribution in [0.15, 0.2) is 24.3 Å². The van der Waals surface area contributed by atoms with Gasteiger partial charge in [0.2, 0.25) is 5.91 Å². The Labute approximate surface area is 138 Å². The number of benzene rings is 1. The van der Waals surface area contributed by atoms with E-state index < -0.39 is 5.41 Å². The number of hydrogen-bond acceptors (Lipinski definition) is 2. The van der Waals surface area contributed by atoms with Crippen LogP contribution in [0.3, 0.4) is 0 Å². The molecule has 3 nitrogen and oxygen atoms in total. The fourth-order valence-electron chi connectivity index (χ4n) is 3.40. The Kier molecular flexibility index (Phi) is 6.27. The van der Waals surface area contributed by atoms with Gasteiger partial charge in [-0.05, 0) is 62.4 Å². The van der Waals surface area contributed by atoms with Crippen molar-refractivity contribution in [1.82, 2.24) is 10.6 Å². The maximum Gasteiger partial charge on any atom is 0.230 e. The molecule has 0 aromatic heterocycles. The van der Waals surface area contributed by atoms with Crippen LogP contribution in [0.4, 0.5) is 0 Å². The number of nitrogens with one attached hydrogen (secondary N) is 2. The van der Waals surface area contributed by atoms with Crippen molar-refractivity contribution >= 4 is 17.5 Å². The van der Waals surface area contributed by atoms with Gasteiger partial charge in [-0.1, -0.05) is 37.6 Å². The Balaban J connectivity index is 2.02. The Hall–Kier alpha value is -1.06. The van der Waals surface area contributed by atoms with Crippen molar-refractivity contribution < 1.29 is 4.79 Å². The summed E-state index contributed by atoms with van der Waals surface area (Å²) in [5.74, 6) is 0.847. The number of halogens is 1. The molecule has 1 aliphatic rings. The van der Waals surface area contributed by atoms with Gasteiger partial charge in [-0.3, -0.25) is 4.79 Å². The van der Waals surface area contributed by atoms with Crippen molar-refractivity contribution in [3.05, 3.63) is 34.9 Å². The summed E-state index contributed by atoms with van der Waals surface area (Å²) in [5, 5.41) is 7.24. The first-order chi connectivity index (χ1) is 10.6. The van der Waals surface area contributed by atoms with Crippen LogP contribution in [0, 0.1) is 5.92 Å². The predicted molar refractivity (Wildman–Crippen MR) is 92.3 cm³/mol. The van der Waals surface area contributed by atoms with Crippen LogP contribution in [-0.4, -0.2) is 25.5 Å². The molecule has 0 aliphatic carbocycles. The molecule has 2 rings (SSSR count). The summed E-state index contributed by atoms with van der Waals surface area (Å²) >= 11 is 5.98. The number of carbonyl (C=O) groups excluding carboxylic acids is 1. The van der Waals surface area contributed by atoms with Gasteiger partial charge < -0.3 is 10.6 Å². The molecule has 122 valence electrons. The molecule has 1 atom stereocenters. The second-order valence-corrected chi connectivity index (χ2v) is 6.64. The number of amides is 1. The van der Waals surface area contributed by atoms with Crippen LogP contribution in [0.25, 0.3) is 0 Å². The molecular formula is C18H27ClN2O. The smallest absolute Gasteiger partial charge is 0.230 e. The summed E-state index contributed by atoms with van der Waals surface area (Å²) in [5.41, 5.74) is 0.611. The van der Waals surface area contributed by atoms with E-state index in [1.165, 1.54) is 6.42 Å². The van der Waals surface area contributed by atoms with Gasteiger partial charge in [0.25, 0.3) is 0 Å². The molecule has 1 aliphatic heterocycles. The molecule has 1 heterocycles. The monoisotopic (exact) mass is 322 g/mol. The zero-order valence-electron chi connectivity index (χ0n) is 13.6. The highest BCUT2D eigenvalue weighted by Gasteiger charge is 2.36. The largest absolute Gasteiger partial charge is 0.355 e. The zero-order valence-corrected chi connectivity index (χ0v) is 14.4. The minimum atomic E-state index is -0.446. The highest BCUT2D eigenvalue weighted by atomic mass is 35.5. The van der Waals surface area contributed by atoms with E-state index in [4.69, 9.17) is 11.6 Å². The van der Waals surface area contributed by atoms with Crippen LogP contribution in [-0.2, 0) is 10.2 Å². The molecule has 0 spiro atoms. The lowest BCUT2D eigenvalue weighted by Gasteiger charge is -2.31. The van der Waals surface area contributed by atoms with Crippen LogP contribution >= 0.6 is 11.6 Å². The van der Waals surface area contributed by atoms with E-state index in [-0.39, 0.29) is 5.91 Å². The van der Waals surface area contributed by atoms with Gasteiger partial charge in [0, 0.05) is 11.6 Å². The third-order valence-corrected chi connectivity index (χ3v) is 5.29. The lowest BCUT2D eigenvalue weighted by Crippen LogP contribution is -2.44. The Morgan fingerprint density at radius 2 is 2.00 bits per heavy atom. The van der Waals surface area contributed by atoms with E-state index in [2.05, 4.69) is 24.5 Å². The summed E-state index contributed by atoms with van der Waals surface area (Å²) in [6.07, 6.45) is 3.87. The van der Waals surface area contributed by atoms with Crippen LogP contribution in [0.1, 0.15) is 45.1 Å². The van der Waals surface area contributed by atoms with Gasteiger partial charge in [-0.15, -0.1) is 0 Å². The Bertz CT molecular complexity index is 476. The number of rotatable bonds is 7. The van der Waals surface area contributed by atoms with Crippen molar-refractivity contribution in [3.63, 3.8) is 0 Å². The molecule has 1 fully saturated rings. The molecule has 2 N–H and O–H groups in total. The van der Waals surface area contributed by atoms with E-state index in [0.717, 1.165) is 44.5 Å². The average Bonchev–Trinajstić information content (AvgIpc) is 3.04. The van der Waals surface area contributed by atoms with E-state index in [1.807, 2.05) is 24.3 Å². The van der Waals surface area contributed by atoms with E-state index >= 15 is 0 Å². The fraction of sp³-hybridized carbons (Fsp3) is 0.611. The molecule has 1 aromatic carbocycles. The van der Waals surface area contributed by atoms with Crippen LogP contribution < -0.4 is 10.6 Å². The normalized spacial score (nSPS) is 18.4. The summed E-state index contributed by atoms with van der Waals surface area (Å²) in [6.45, 7) is 7.12. The van der Waals surface area contributed by atoms with Crippen molar-refractivity contribution in [3.8, 4) is 0 Å². The lowest BCUT2D eigenvalue weighted by atomic mass is 9.75. The summed E-state index contributed by atoms with van der Waals surface area (Å²) in [6, 6.07) is 7.70. The predicted octanol–water partition coefficient (Wildman–Crippen LogP) is 3.51. The van der Waals surface area contributed by atoms with Gasteiger partial charge in [0.15, 0.2) is 0 Å². The number of hydrogen-bond donors (Lipinski definition) is 2.